The highest BCUT2D eigenvalue weighted by molar-refractivity contribution is 8.03. The molecule has 1 heterocycles. The number of carbonyl (C=O) groups is 2. The molecule has 1 aliphatic rings. The van der Waals surface area contributed by atoms with E-state index in [2.05, 4.69) is 22.0 Å². The van der Waals surface area contributed by atoms with Crippen LogP contribution >= 0.6 is 11.8 Å². The van der Waals surface area contributed by atoms with Crippen LogP contribution in [0.5, 0.6) is 0 Å². The van der Waals surface area contributed by atoms with E-state index in [1.165, 1.54) is 6.07 Å². The second-order valence-electron chi connectivity index (χ2n) is 8.95. The van der Waals surface area contributed by atoms with Crippen molar-refractivity contribution in [2.45, 2.75) is 26.7 Å². The Morgan fingerprint density at radius 2 is 1.74 bits per heavy atom. The monoisotopic (exact) mass is 526 g/mol. The van der Waals surface area contributed by atoms with Crippen molar-refractivity contribution in [2.24, 2.45) is 0 Å². The minimum absolute atomic E-state index is 0.0173. The SMILES string of the molecule is CC1=C(C(=O)Nc2ccccc2C)[C@@H](c2ccccc2F)C(C#N)=C(SCC(=O)Nc2cccc(C)c2)N1. The number of rotatable bonds is 7. The Kier molecular flexibility index (Phi) is 8.29. The third-order valence-electron chi connectivity index (χ3n) is 6.15. The Morgan fingerprint density at radius 1 is 1.00 bits per heavy atom. The maximum atomic E-state index is 15.1. The lowest BCUT2D eigenvalue weighted by Crippen LogP contribution is -2.31. The average molecular weight is 527 g/mol. The van der Waals surface area contributed by atoms with Crippen LogP contribution in [0, 0.1) is 31.0 Å². The van der Waals surface area contributed by atoms with Crippen LogP contribution in [0.3, 0.4) is 0 Å². The van der Waals surface area contributed by atoms with Gasteiger partial charge >= 0.3 is 0 Å². The molecule has 0 spiro atoms. The van der Waals surface area contributed by atoms with E-state index >= 15 is 4.39 Å². The number of nitrogens with zero attached hydrogens (tertiary/aromatic N) is 1. The molecule has 0 aliphatic carbocycles. The van der Waals surface area contributed by atoms with Crippen molar-refractivity contribution >= 4 is 35.0 Å². The molecule has 38 heavy (non-hydrogen) atoms. The third-order valence-corrected chi connectivity index (χ3v) is 7.17. The number of amides is 2. The summed E-state index contributed by atoms with van der Waals surface area (Å²) in [5.41, 5.74) is 4.29. The minimum atomic E-state index is -0.950. The third kappa shape index (κ3) is 5.96. The molecule has 3 N–H and O–H groups in total. The molecular weight excluding hydrogens is 499 g/mol. The number of allylic oxidation sites excluding steroid dienone is 2. The molecule has 8 heteroatoms. The molecule has 0 aromatic heterocycles. The number of benzene rings is 3. The van der Waals surface area contributed by atoms with Gasteiger partial charge in [-0.15, -0.1) is 0 Å². The number of dihydropyridines is 1. The molecule has 192 valence electrons. The highest BCUT2D eigenvalue weighted by Gasteiger charge is 2.36. The lowest BCUT2D eigenvalue weighted by atomic mass is 9.82. The number of nitrogens with one attached hydrogen (secondary N) is 3. The van der Waals surface area contributed by atoms with Gasteiger partial charge in [0, 0.05) is 28.2 Å². The molecule has 0 bridgehead atoms. The van der Waals surface area contributed by atoms with Gasteiger partial charge in [0.2, 0.25) is 5.91 Å². The van der Waals surface area contributed by atoms with Crippen LogP contribution in [0.4, 0.5) is 15.8 Å². The largest absolute Gasteiger partial charge is 0.353 e. The van der Waals surface area contributed by atoms with Gasteiger partial charge in [-0.1, -0.05) is 60.3 Å². The molecule has 0 unspecified atom stereocenters. The van der Waals surface area contributed by atoms with E-state index in [4.69, 9.17) is 0 Å². The molecule has 0 saturated carbocycles. The summed E-state index contributed by atoms with van der Waals surface area (Å²) < 4.78 is 15.1. The van der Waals surface area contributed by atoms with Gasteiger partial charge < -0.3 is 16.0 Å². The second-order valence-corrected chi connectivity index (χ2v) is 9.93. The Bertz CT molecular complexity index is 1510. The van der Waals surface area contributed by atoms with E-state index in [9.17, 15) is 14.9 Å². The van der Waals surface area contributed by atoms with Gasteiger partial charge in [-0.2, -0.15) is 5.26 Å². The molecule has 3 aromatic carbocycles. The van der Waals surface area contributed by atoms with Crippen molar-refractivity contribution < 1.29 is 14.0 Å². The zero-order chi connectivity index (χ0) is 27.2. The minimum Gasteiger partial charge on any atom is -0.353 e. The van der Waals surface area contributed by atoms with Gasteiger partial charge in [0.25, 0.3) is 5.91 Å². The number of hydrogen-bond acceptors (Lipinski definition) is 5. The Balaban J connectivity index is 1.65. The predicted molar refractivity (Wildman–Crippen MR) is 150 cm³/mol. The van der Waals surface area contributed by atoms with Gasteiger partial charge in [0.1, 0.15) is 5.82 Å². The first-order valence-electron chi connectivity index (χ1n) is 12.0. The summed E-state index contributed by atoms with van der Waals surface area (Å²) in [5.74, 6) is -2.15. The lowest BCUT2D eigenvalue weighted by molar-refractivity contribution is -0.114. The molecule has 0 fully saturated rings. The number of anilines is 2. The maximum absolute atomic E-state index is 15.1. The fourth-order valence-electron chi connectivity index (χ4n) is 4.31. The number of para-hydroxylation sites is 1. The molecule has 2 amide bonds. The summed E-state index contributed by atoms with van der Waals surface area (Å²) in [6.45, 7) is 5.52. The summed E-state index contributed by atoms with van der Waals surface area (Å²) in [4.78, 5) is 26.2. The van der Waals surface area contributed by atoms with Crippen LogP contribution in [0.25, 0.3) is 0 Å². The standard InChI is InChI=1S/C30H27FN4O2S/c1-18-9-8-11-21(15-18)34-26(36)17-38-30-23(16-32)28(22-12-5-6-13-24(22)31)27(20(3)33-30)29(37)35-25-14-7-4-10-19(25)2/h4-15,28,33H,17H2,1-3H3,(H,34,36)(H,35,37)/t28-/m0/s1. The number of nitriles is 1. The Morgan fingerprint density at radius 3 is 2.45 bits per heavy atom. The van der Waals surface area contributed by atoms with Crippen LogP contribution in [0.15, 0.2) is 94.7 Å². The molecule has 1 aliphatic heterocycles. The van der Waals surface area contributed by atoms with E-state index in [1.54, 1.807) is 37.3 Å². The summed E-state index contributed by atoms with van der Waals surface area (Å²) in [7, 11) is 0. The van der Waals surface area contributed by atoms with E-state index in [-0.39, 0.29) is 28.4 Å². The molecular formula is C30H27FN4O2S. The highest BCUT2D eigenvalue weighted by Crippen LogP contribution is 2.41. The van der Waals surface area contributed by atoms with E-state index in [1.807, 2.05) is 50.2 Å². The first-order chi connectivity index (χ1) is 18.3. The molecule has 4 rings (SSSR count). The molecule has 0 saturated heterocycles. The van der Waals surface area contributed by atoms with Gasteiger partial charge in [0.05, 0.1) is 28.3 Å². The number of aryl methyl sites for hydroxylation is 2. The lowest BCUT2D eigenvalue weighted by Gasteiger charge is -2.30. The fraction of sp³-hybridized carbons (Fsp3) is 0.167. The zero-order valence-corrected chi connectivity index (χ0v) is 22.1. The smallest absolute Gasteiger partial charge is 0.254 e. The summed E-state index contributed by atoms with van der Waals surface area (Å²) >= 11 is 1.14. The van der Waals surface area contributed by atoms with E-state index in [0.29, 0.717) is 22.1 Å². The van der Waals surface area contributed by atoms with Crippen molar-refractivity contribution in [1.29, 1.82) is 5.26 Å². The number of thioether (sulfide) groups is 1. The number of halogens is 1. The van der Waals surface area contributed by atoms with Crippen molar-refractivity contribution in [3.63, 3.8) is 0 Å². The van der Waals surface area contributed by atoms with Crippen LogP contribution in [-0.4, -0.2) is 17.6 Å². The quantitative estimate of drug-likeness (QED) is 0.343. The van der Waals surface area contributed by atoms with Crippen molar-refractivity contribution in [3.05, 3.63) is 117 Å². The topological polar surface area (TPSA) is 94.0 Å². The average Bonchev–Trinajstić information content (AvgIpc) is 2.88. The van der Waals surface area contributed by atoms with Crippen molar-refractivity contribution in [3.8, 4) is 6.07 Å². The van der Waals surface area contributed by atoms with Gasteiger partial charge in [-0.25, -0.2) is 4.39 Å². The Labute approximate surface area is 225 Å². The number of hydrogen-bond donors (Lipinski definition) is 3. The molecule has 1 atom stereocenters. The van der Waals surface area contributed by atoms with Crippen LogP contribution < -0.4 is 16.0 Å². The van der Waals surface area contributed by atoms with E-state index in [0.717, 1.165) is 22.9 Å². The highest BCUT2D eigenvalue weighted by atomic mass is 32.2. The Hall–Kier alpha value is -4.35. The van der Waals surface area contributed by atoms with Crippen molar-refractivity contribution in [2.75, 3.05) is 16.4 Å². The van der Waals surface area contributed by atoms with Crippen molar-refractivity contribution in [1.82, 2.24) is 5.32 Å². The first kappa shape index (κ1) is 26.7. The zero-order valence-electron chi connectivity index (χ0n) is 21.3. The van der Waals surface area contributed by atoms with Gasteiger partial charge in [-0.3, -0.25) is 9.59 Å². The first-order valence-corrected chi connectivity index (χ1v) is 13.0. The second kappa shape index (κ2) is 11.8. The van der Waals surface area contributed by atoms with Crippen LogP contribution in [0.1, 0.15) is 29.5 Å². The predicted octanol–water partition coefficient (Wildman–Crippen LogP) is 6.15. The van der Waals surface area contributed by atoms with Crippen LogP contribution in [-0.2, 0) is 9.59 Å². The number of carbonyl (C=O) groups excluding carboxylic acids is 2. The summed E-state index contributed by atoms with van der Waals surface area (Å²) in [6, 6.07) is 23.1. The summed E-state index contributed by atoms with van der Waals surface area (Å²) in [5, 5.41) is 19.5. The summed E-state index contributed by atoms with van der Waals surface area (Å²) in [6.07, 6.45) is 0. The fourth-order valence-corrected chi connectivity index (χ4v) is 5.20. The maximum Gasteiger partial charge on any atom is 0.254 e. The van der Waals surface area contributed by atoms with Gasteiger partial charge in [0.15, 0.2) is 0 Å². The molecule has 6 nitrogen and oxygen atoms in total. The van der Waals surface area contributed by atoms with Gasteiger partial charge in [-0.05, 0) is 56.2 Å². The molecule has 0 radical (unpaired) electrons. The van der Waals surface area contributed by atoms with E-state index < -0.39 is 17.6 Å². The normalized spacial score (nSPS) is 15.0. The molecule has 3 aromatic rings. The van der Waals surface area contributed by atoms with Crippen LogP contribution in [0.2, 0.25) is 0 Å².